The summed E-state index contributed by atoms with van der Waals surface area (Å²) in [6, 6.07) is 5.68. The van der Waals surface area contributed by atoms with Crippen LogP contribution in [0.2, 0.25) is 0 Å². The van der Waals surface area contributed by atoms with Crippen LogP contribution in [0, 0.1) is 7.14 Å². The van der Waals surface area contributed by atoms with Crippen LogP contribution in [0.25, 0.3) is 0 Å². The fourth-order valence-electron chi connectivity index (χ4n) is 0.611. The van der Waals surface area contributed by atoms with Gasteiger partial charge in [0.1, 0.15) is 0 Å². The SMILES string of the molecule is O=Cc1cccc(I)c1I. The fraction of sp³-hybridized carbons (Fsp3) is 0. The fourth-order valence-corrected chi connectivity index (χ4v) is 1.62. The summed E-state index contributed by atoms with van der Waals surface area (Å²) < 4.78 is 2.17. The summed E-state index contributed by atoms with van der Waals surface area (Å²) in [6.45, 7) is 0. The molecule has 0 atom stereocenters. The van der Waals surface area contributed by atoms with Crippen molar-refractivity contribution in [3.8, 4) is 0 Å². The molecule has 1 rings (SSSR count). The van der Waals surface area contributed by atoms with Gasteiger partial charge in [0.15, 0.2) is 6.29 Å². The Morgan fingerprint density at radius 3 is 2.50 bits per heavy atom. The molecule has 0 aliphatic rings. The predicted octanol–water partition coefficient (Wildman–Crippen LogP) is 2.71. The van der Waals surface area contributed by atoms with Crippen LogP contribution in [0.3, 0.4) is 0 Å². The lowest BCUT2D eigenvalue weighted by Gasteiger charge is -1.96. The Bertz CT molecular complexity index is 258. The third-order valence-electron chi connectivity index (χ3n) is 1.11. The second-order valence-corrected chi connectivity index (χ2v) is 4.00. The van der Waals surface area contributed by atoms with E-state index in [1.165, 1.54) is 0 Å². The minimum absolute atomic E-state index is 0.771. The maximum Gasteiger partial charge on any atom is 0.151 e. The summed E-state index contributed by atoms with van der Waals surface area (Å²) in [6.07, 6.45) is 0.879. The van der Waals surface area contributed by atoms with Gasteiger partial charge >= 0.3 is 0 Å². The van der Waals surface area contributed by atoms with Crippen molar-refractivity contribution in [3.63, 3.8) is 0 Å². The van der Waals surface area contributed by atoms with Gasteiger partial charge in [0, 0.05) is 12.7 Å². The van der Waals surface area contributed by atoms with Crippen molar-refractivity contribution < 1.29 is 4.79 Å². The molecule has 0 N–H and O–H groups in total. The van der Waals surface area contributed by atoms with Crippen LogP contribution in [0.5, 0.6) is 0 Å². The summed E-state index contributed by atoms with van der Waals surface area (Å²) in [5, 5.41) is 0. The van der Waals surface area contributed by atoms with Crippen LogP contribution in [-0.4, -0.2) is 6.29 Å². The third kappa shape index (κ3) is 1.69. The van der Waals surface area contributed by atoms with Crippen LogP contribution in [0.1, 0.15) is 10.4 Å². The number of rotatable bonds is 1. The van der Waals surface area contributed by atoms with E-state index in [4.69, 9.17) is 0 Å². The number of hydrogen-bond acceptors (Lipinski definition) is 1. The largest absolute Gasteiger partial charge is 0.298 e. The van der Waals surface area contributed by atoms with E-state index in [1.807, 2.05) is 18.2 Å². The van der Waals surface area contributed by atoms with E-state index < -0.39 is 0 Å². The second-order valence-electron chi connectivity index (χ2n) is 1.76. The Hall–Kier alpha value is 0.350. The van der Waals surface area contributed by atoms with E-state index in [9.17, 15) is 4.79 Å². The Labute approximate surface area is 86.5 Å². The molecule has 3 heteroatoms. The minimum Gasteiger partial charge on any atom is -0.298 e. The molecule has 0 radical (unpaired) electrons. The molecule has 0 saturated heterocycles. The highest BCUT2D eigenvalue weighted by atomic mass is 127. The summed E-state index contributed by atoms with van der Waals surface area (Å²) in [4.78, 5) is 10.4. The van der Waals surface area contributed by atoms with E-state index in [0.29, 0.717) is 0 Å². The zero-order valence-corrected chi connectivity index (χ0v) is 9.29. The average Bonchev–Trinajstić information content (AvgIpc) is 1.95. The molecule has 0 saturated carbocycles. The van der Waals surface area contributed by atoms with Gasteiger partial charge < -0.3 is 0 Å². The number of halogens is 2. The molecule has 0 aliphatic carbocycles. The van der Waals surface area contributed by atoms with Crippen molar-refractivity contribution in [2.45, 2.75) is 0 Å². The van der Waals surface area contributed by atoms with Crippen molar-refractivity contribution in [2.75, 3.05) is 0 Å². The lowest BCUT2D eigenvalue weighted by molar-refractivity contribution is 0.112. The van der Waals surface area contributed by atoms with Gasteiger partial charge in [0.05, 0.1) is 0 Å². The van der Waals surface area contributed by atoms with E-state index >= 15 is 0 Å². The molecule has 0 bridgehead atoms. The maximum absolute atomic E-state index is 10.4. The standard InChI is InChI=1S/C7H4I2O/c8-6-3-1-2-5(4-10)7(6)9/h1-4H. The number of carbonyl (C=O) groups excluding carboxylic acids is 1. The van der Waals surface area contributed by atoms with Crippen molar-refractivity contribution in [1.29, 1.82) is 0 Å². The minimum atomic E-state index is 0.771. The van der Waals surface area contributed by atoms with E-state index in [-0.39, 0.29) is 0 Å². The van der Waals surface area contributed by atoms with Crippen LogP contribution in [0.15, 0.2) is 18.2 Å². The highest BCUT2D eigenvalue weighted by molar-refractivity contribution is 14.1. The zero-order valence-electron chi connectivity index (χ0n) is 4.97. The molecule has 10 heavy (non-hydrogen) atoms. The molecule has 1 nitrogen and oxygen atoms in total. The molecule has 0 unspecified atom stereocenters. The van der Waals surface area contributed by atoms with Gasteiger partial charge in [-0.1, -0.05) is 12.1 Å². The maximum atomic E-state index is 10.4. The summed E-state index contributed by atoms with van der Waals surface area (Å²) in [5.74, 6) is 0. The molecular formula is C7H4I2O. The number of carbonyl (C=O) groups is 1. The summed E-state index contributed by atoms with van der Waals surface area (Å²) in [5.41, 5.74) is 0.771. The first kappa shape index (κ1) is 8.45. The van der Waals surface area contributed by atoms with Gasteiger partial charge in [-0.15, -0.1) is 0 Å². The first-order chi connectivity index (χ1) is 4.75. The number of benzene rings is 1. The molecule has 0 heterocycles. The molecule has 0 fully saturated rings. The first-order valence-corrected chi connectivity index (χ1v) is 4.80. The smallest absolute Gasteiger partial charge is 0.151 e. The second kappa shape index (κ2) is 3.66. The Kier molecular flexibility index (Phi) is 3.09. The van der Waals surface area contributed by atoms with E-state index in [0.717, 1.165) is 19.0 Å². The normalized spacial score (nSPS) is 9.40. The number of hydrogen-bond donors (Lipinski definition) is 0. The Morgan fingerprint density at radius 1 is 1.30 bits per heavy atom. The van der Waals surface area contributed by atoms with Crippen LogP contribution < -0.4 is 0 Å². The predicted molar refractivity (Wildman–Crippen MR) is 57.3 cm³/mol. The highest BCUT2D eigenvalue weighted by Gasteiger charge is 1.99. The van der Waals surface area contributed by atoms with Gasteiger partial charge in [-0.2, -0.15) is 0 Å². The van der Waals surface area contributed by atoms with Gasteiger partial charge in [0.25, 0.3) is 0 Å². The lowest BCUT2D eigenvalue weighted by Crippen LogP contribution is -1.87. The van der Waals surface area contributed by atoms with Gasteiger partial charge in [-0.25, -0.2) is 0 Å². The topological polar surface area (TPSA) is 17.1 Å². The lowest BCUT2D eigenvalue weighted by atomic mass is 10.2. The molecule has 1 aromatic carbocycles. The number of aldehydes is 1. The quantitative estimate of drug-likeness (QED) is 0.558. The molecule has 0 aliphatic heterocycles. The molecular weight excluding hydrogens is 354 g/mol. The van der Waals surface area contributed by atoms with Crippen LogP contribution in [0.4, 0.5) is 0 Å². The summed E-state index contributed by atoms with van der Waals surface area (Å²) in [7, 11) is 0. The molecule has 0 amide bonds. The summed E-state index contributed by atoms with van der Waals surface area (Å²) >= 11 is 4.37. The average molecular weight is 358 g/mol. The first-order valence-electron chi connectivity index (χ1n) is 2.65. The zero-order chi connectivity index (χ0) is 7.56. The van der Waals surface area contributed by atoms with Gasteiger partial charge in [-0.05, 0) is 51.2 Å². The molecule has 0 aromatic heterocycles. The van der Waals surface area contributed by atoms with Crippen LogP contribution >= 0.6 is 45.2 Å². The van der Waals surface area contributed by atoms with Crippen molar-refractivity contribution >= 4 is 51.5 Å². The monoisotopic (exact) mass is 358 g/mol. The third-order valence-corrected chi connectivity index (χ3v) is 4.24. The van der Waals surface area contributed by atoms with Crippen molar-refractivity contribution in [1.82, 2.24) is 0 Å². The molecule has 0 spiro atoms. The van der Waals surface area contributed by atoms with Crippen molar-refractivity contribution in [3.05, 3.63) is 30.9 Å². The van der Waals surface area contributed by atoms with E-state index in [1.54, 1.807) is 0 Å². The Morgan fingerprint density at radius 2 is 2.00 bits per heavy atom. The van der Waals surface area contributed by atoms with Crippen LogP contribution in [-0.2, 0) is 0 Å². The van der Waals surface area contributed by atoms with Crippen molar-refractivity contribution in [2.24, 2.45) is 0 Å². The highest BCUT2D eigenvalue weighted by Crippen LogP contribution is 2.17. The Balaban J connectivity index is 3.27. The van der Waals surface area contributed by atoms with Gasteiger partial charge in [-0.3, -0.25) is 4.79 Å². The molecule has 1 aromatic rings. The van der Waals surface area contributed by atoms with Gasteiger partial charge in [0.2, 0.25) is 0 Å². The molecule has 52 valence electrons. The van der Waals surface area contributed by atoms with E-state index in [2.05, 4.69) is 45.2 Å².